The van der Waals surface area contributed by atoms with Gasteiger partial charge in [-0.2, -0.15) is 0 Å². The number of hydrogen-bond donors (Lipinski definition) is 1. The van der Waals surface area contributed by atoms with Crippen LogP contribution in [0.5, 0.6) is 5.75 Å². The highest BCUT2D eigenvalue weighted by Gasteiger charge is 2.23. The van der Waals surface area contributed by atoms with Gasteiger partial charge in [-0.1, -0.05) is 18.2 Å². The Balaban J connectivity index is 1.85. The van der Waals surface area contributed by atoms with Crippen molar-refractivity contribution in [2.24, 2.45) is 0 Å². The van der Waals surface area contributed by atoms with Gasteiger partial charge in [-0.25, -0.2) is 0 Å². The zero-order valence-corrected chi connectivity index (χ0v) is 15.2. The fraction of sp³-hybridized carbons (Fsp3) is 0.263. The molecule has 3 rings (SSSR count). The van der Waals surface area contributed by atoms with E-state index in [-0.39, 0.29) is 17.9 Å². The molecule has 0 radical (unpaired) electrons. The molecule has 0 aromatic heterocycles. The minimum absolute atomic E-state index is 0.0437. The highest BCUT2D eigenvalue weighted by Crippen LogP contribution is 2.33. The molecule has 0 aliphatic carbocycles. The molecule has 6 heteroatoms. The average Bonchev–Trinajstić information content (AvgIpc) is 2.65. The van der Waals surface area contributed by atoms with Crippen LogP contribution < -0.4 is 10.1 Å². The van der Waals surface area contributed by atoms with Crippen LogP contribution in [0, 0.1) is 0 Å². The molecule has 0 fully saturated rings. The van der Waals surface area contributed by atoms with Crippen LogP contribution in [0.15, 0.2) is 47.4 Å². The lowest BCUT2D eigenvalue weighted by Gasteiger charge is -2.27. The molecule has 2 aromatic carbocycles. The second-order valence-electron chi connectivity index (χ2n) is 5.88. The van der Waals surface area contributed by atoms with Crippen LogP contribution in [0.1, 0.15) is 28.9 Å². The summed E-state index contributed by atoms with van der Waals surface area (Å²) >= 11 is 1.48. The third-order valence-electron chi connectivity index (χ3n) is 4.35. The van der Waals surface area contributed by atoms with Crippen molar-refractivity contribution in [3.63, 3.8) is 0 Å². The van der Waals surface area contributed by atoms with Gasteiger partial charge in [0.05, 0.1) is 24.6 Å². The lowest BCUT2D eigenvalue weighted by Crippen LogP contribution is -2.30. The molecule has 0 saturated carbocycles. The molecule has 0 bridgehead atoms. The largest absolute Gasteiger partial charge is 0.496 e. The van der Waals surface area contributed by atoms with E-state index in [0.29, 0.717) is 17.0 Å². The first-order valence-electron chi connectivity index (χ1n) is 7.98. The highest BCUT2D eigenvalue weighted by atomic mass is 32.2. The number of benzene rings is 2. The number of anilines is 1. The monoisotopic (exact) mass is 356 g/mol. The second-order valence-corrected chi connectivity index (χ2v) is 6.90. The highest BCUT2D eigenvalue weighted by molar-refractivity contribution is 8.00. The summed E-state index contributed by atoms with van der Waals surface area (Å²) < 4.78 is 5.40. The van der Waals surface area contributed by atoms with E-state index in [2.05, 4.69) is 5.32 Å². The van der Waals surface area contributed by atoms with E-state index in [1.54, 1.807) is 31.2 Å². The number of nitrogens with one attached hydrogen (secondary N) is 1. The van der Waals surface area contributed by atoms with Gasteiger partial charge in [-0.3, -0.25) is 9.59 Å². The van der Waals surface area contributed by atoms with Gasteiger partial charge in [-0.15, -0.1) is 11.8 Å². The molecule has 1 aliphatic rings. The molecule has 2 amide bonds. The Bertz CT molecular complexity index is 822. The number of rotatable bonds is 4. The lowest BCUT2D eigenvalue weighted by atomic mass is 10.0. The van der Waals surface area contributed by atoms with Gasteiger partial charge >= 0.3 is 0 Å². The van der Waals surface area contributed by atoms with E-state index >= 15 is 0 Å². The predicted molar refractivity (Wildman–Crippen MR) is 99.3 cm³/mol. The molecular weight excluding hydrogens is 336 g/mol. The molecular formula is C19H20N2O3S. The summed E-state index contributed by atoms with van der Waals surface area (Å²) in [6.07, 6.45) is 0. The van der Waals surface area contributed by atoms with Crippen molar-refractivity contribution in [3.05, 3.63) is 53.6 Å². The van der Waals surface area contributed by atoms with Crippen molar-refractivity contribution in [1.82, 2.24) is 4.90 Å². The van der Waals surface area contributed by atoms with E-state index in [0.717, 1.165) is 16.2 Å². The maximum absolute atomic E-state index is 12.9. The molecule has 5 nitrogen and oxygen atoms in total. The van der Waals surface area contributed by atoms with Crippen LogP contribution in [0.4, 0.5) is 5.69 Å². The van der Waals surface area contributed by atoms with Crippen LogP contribution in [0.3, 0.4) is 0 Å². The Morgan fingerprint density at radius 3 is 2.80 bits per heavy atom. The Morgan fingerprint density at radius 1 is 1.28 bits per heavy atom. The molecule has 1 heterocycles. The lowest BCUT2D eigenvalue weighted by molar-refractivity contribution is -0.113. The van der Waals surface area contributed by atoms with Gasteiger partial charge in [0.25, 0.3) is 5.91 Å². The van der Waals surface area contributed by atoms with E-state index in [1.807, 2.05) is 37.3 Å². The molecule has 0 saturated heterocycles. The molecule has 1 N–H and O–H groups in total. The third-order valence-corrected chi connectivity index (χ3v) is 5.42. The van der Waals surface area contributed by atoms with Crippen molar-refractivity contribution in [1.29, 1.82) is 0 Å². The molecule has 2 aromatic rings. The minimum Gasteiger partial charge on any atom is -0.496 e. The number of fused-ring (bicyclic) bond motifs is 1. The van der Waals surface area contributed by atoms with Gasteiger partial charge in [0.15, 0.2) is 0 Å². The van der Waals surface area contributed by atoms with Gasteiger partial charge in [-0.05, 0) is 31.2 Å². The summed E-state index contributed by atoms with van der Waals surface area (Å²) in [4.78, 5) is 27.1. The second kappa shape index (κ2) is 7.19. The molecule has 25 heavy (non-hydrogen) atoms. The first-order chi connectivity index (χ1) is 12.0. The topological polar surface area (TPSA) is 58.6 Å². The smallest absolute Gasteiger partial charge is 0.254 e. The minimum atomic E-state index is -0.149. The van der Waals surface area contributed by atoms with Crippen molar-refractivity contribution < 1.29 is 14.3 Å². The standard InChI is InChI=1S/C19H20N2O3S/c1-12(14-6-4-5-7-16(14)24-3)21(2)19(23)13-8-9-17-15(10-13)20-18(22)11-25-17/h4-10,12H,11H2,1-3H3,(H,20,22). The predicted octanol–water partition coefficient (Wildman–Crippen LogP) is 3.57. The molecule has 130 valence electrons. The maximum Gasteiger partial charge on any atom is 0.254 e. The van der Waals surface area contributed by atoms with Crippen molar-refractivity contribution in [2.45, 2.75) is 17.9 Å². The first kappa shape index (κ1) is 17.4. The Morgan fingerprint density at radius 2 is 2.04 bits per heavy atom. The number of hydrogen-bond acceptors (Lipinski definition) is 4. The van der Waals surface area contributed by atoms with E-state index < -0.39 is 0 Å². The summed E-state index contributed by atoms with van der Waals surface area (Å²) in [6.45, 7) is 1.96. The van der Waals surface area contributed by atoms with Crippen LogP contribution in [-0.2, 0) is 4.79 Å². The molecule has 1 aliphatic heterocycles. The van der Waals surface area contributed by atoms with Crippen molar-refractivity contribution in [2.75, 3.05) is 25.2 Å². The Hall–Kier alpha value is -2.47. The van der Waals surface area contributed by atoms with Crippen LogP contribution >= 0.6 is 11.8 Å². The number of methoxy groups -OCH3 is 1. The summed E-state index contributed by atoms with van der Waals surface area (Å²) in [5.74, 6) is 1.01. The number of carbonyl (C=O) groups excluding carboxylic acids is 2. The van der Waals surface area contributed by atoms with Crippen LogP contribution in [-0.4, -0.2) is 36.6 Å². The number of amides is 2. The summed E-state index contributed by atoms with van der Waals surface area (Å²) in [6, 6.07) is 13.0. The van der Waals surface area contributed by atoms with Crippen molar-refractivity contribution >= 4 is 29.3 Å². The van der Waals surface area contributed by atoms with E-state index in [4.69, 9.17) is 4.74 Å². The molecule has 1 unspecified atom stereocenters. The summed E-state index contributed by atoms with van der Waals surface area (Å²) in [5.41, 5.74) is 2.19. The van der Waals surface area contributed by atoms with E-state index in [9.17, 15) is 9.59 Å². The van der Waals surface area contributed by atoms with Gasteiger partial charge in [0, 0.05) is 23.1 Å². The fourth-order valence-corrected chi connectivity index (χ4v) is 3.60. The van der Waals surface area contributed by atoms with Gasteiger partial charge < -0.3 is 15.0 Å². The normalized spacial score (nSPS) is 14.3. The summed E-state index contributed by atoms with van der Waals surface area (Å²) in [5, 5.41) is 2.82. The SMILES string of the molecule is COc1ccccc1C(C)N(C)C(=O)c1ccc2c(c1)NC(=O)CS2. The first-order valence-corrected chi connectivity index (χ1v) is 8.96. The van der Waals surface area contributed by atoms with Gasteiger partial charge in [0.2, 0.25) is 5.91 Å². The zero-order valence-electron chi connectivity index (χ0n) is 14.4. The summed E-state index contributed by atoms with van der Waals surface area (Å²) in [7, 11) is 3.39. The number of thioether (sulfide) groups is 1. The quantitative estimate of drug-likeness (QED) is 0.910. The van der Waals surface area contributed by atoms with Crippen molar-refractivity contribution in [3.8, 4) is 5.75 Å². The van der Waals surface area contributed by atoms with Crippen LogP contribution in [0.25, 0.3) is 0 Å². The number of para-hydroxylation sites is 1. The van der Waals surface area contributed by atoms with Crippen LogP contribution in [0.2, 0.25) is 0 Å². The number of carbonyl (C=O) groups is 2. The zero-order chi connectivity index (χ0) is 18.0. The third kappa shape index (κ3) is 3.49. The van der Waals surface area contributed by atoms with Gasteiger partial charge in [0.1, 0.15) is 5.75 Å². The fourth-order valence-electron chi connectivity index (χ4n) is 2.82. The van der Waals surface area contributed by atoms with E-state index in [1.165, 1.54) is 11.8 Å². The molecule has 0 spiro atoms. The molecule has 1 atom stereocenters. The Labute approximate surface area is 151 Å². The average molecular weight is 356 g/mol. The Kier molecular flexibility index (Phi) is 4.99. The number of nitrogens with zero attached hydrogens (tertiary/aromatic N) is 1. The maximum atomic E-state index is 12.9. The number of ether oxygens (including phenoxy) is 1.